The van der Waals surface area contributed by atoms with Crippen LogP contribution in [0.2, 0.25) is 0 Å². The molecule has 9 nitrogen and oxygen atoms in total. The van der Waals surface area contributed by atoms with Crippen molar-refractivity contribution in [1.82, 2.24) is 10.2 Å². The van der Waals surface area contributed by atoms with Gasteiger partial charge in [-0.1, -0.05) is 57.7 Å². The molecule has 2 amide bonds. The highest BCUT2D eigenvalue weighted by atomic mass is 16.5. The number of rotatable bonds is 15. The molecule has 9 heteroatoms. The number of aromatic carboxylic acids is 1. The quantitative estimate of drug-likeness (QED) is 0.142. The fourth-order valence-electron chi connectivity index (χ4n) is 5.51. The second-order valence-corrected chi connectivity index (χ2v) is 11.1. The lowest BCUT2D eigenvalue weighted by atomic mass is 9.94. The van der Waals surface area contributed by atoms with Crippen molar-refractivity contribution in [1.29, 1.82) is 0 Å². The highest BCUT2D eigenvalue weighted by molar-refractivity contribution is 5.91. The number of aliphatic imine (C=N–C) groups is 1. The summed E-state index contributed by atoms with van der Waals surface area (Å²) >= 11 is 0. The van der Waals surface area contributed by atoms with E-state index in [1.54, 1.807) is 0 Å². The first-order valence-corrected chi connectivity index (χ1v) is 15.5. The summed E-state index contributed by atoms with van der Waals surface area (Å²) in [5.74, 6) is -0.910. The van der Waals surface area contributed by atoms with Gasteiger partial charge in [0.25, 0.3) is 0 Å². The highest BCUT2D eigenvalue weighted by Crippen LogP contribution is 2.27. The predicted molar refractivity (Wildman–Crippen MR) is 160 cm³/mol. The van der Waals surface area contributed by atoms with E-state index in [1.807, 2.05) is 30.0 Å². The molecule has 0 saturated heterocycles. The molecule has 230 valence electrons. The fraction of sp³-hybridized carbons (Fsp3) is 0.719. The van der Waals surface area contributed by atoms with Gasteiger partial charge in [-0.3, -0.25) is 0 Å². The first-order chi connectivity index (χ1) is 19.9. The van der Waals surface area contributed by atoms with Crippen molar-refractivity contribution in [3.63, 3.8) is 0 Å². The SMILES string of the molecule is CCCCN=C=O.CCCCNC(=O)N(CCOC1CCCC(OCc2cccc(C)c2C(=O)O)C1)C1CCCC1. The molecule has 0 heterocycles. The number of unbranched alkanes of at least 4 members (excludes halogenated alkanes) is 2. The van der Waals surface area contributed by atoms with E-state index in [2.05, 4.69) is 24.2 Å². The number of nitrogens with one attached hydrogen (secondary N) is 1. The van der Waals surface area contributed by atoms with Crippen LogP contribution in [-0.2, 0) is 20.9 Å². The van der Waals surface area contributed by atoms with Gasteiger partial charge >= 0.3 is 12.0 Å². The molecule has 1 aromatic rings. The van der Waals surface area contributed by atoms with Crippen LogP contribution in [0.15, 0.2) is 23.2 Å². The number of ether oxygens (including phenoxy) is 2. The number of carbonyl (C=O) groups excluding carboxylic acids is 2. The summed E-state index contributed by atoms with van der Waals surface area (Å²) in [7, 11) is 0. The molecule has 0 bridgehead atoms. The second kappa shape index (κ2) is 20.2. The number of carboxylic acid groups (broad SMARTS) is 1. The second-order valence-electron chi connectivity index (χ2n) is 11.1. The number of benzene rings is 1. The maximum Gasteiger partial charge on any atom is 0.336 e. The van der Waals surface area contributed by atoms with Crippen LogP contribution in [0.1, 0.15) is 112 Å². The number of amides is 2. The Bertz CT molecular complexity index is 959. The summed E-state index contributed by atoms with van der Waals surface area (Å²) in [4.78, 5) is 39.1. The first-order valence-electron chi connectivity index (χ1n) is 15.5. The zero-order valence-corrected chi connectivity index (χ0v) is 25.4. The van der Waals surface area contributed by atoms with Crippen LogP contribution in [0.5, 0.6) is 0 Å². The van der Waals surface area contributed by atoms with Gasteiger partial charge in [-0.25, -0.2) is 19.4 Å². The zero-order valence-electron chi connectivity index (χ0n) is 25.4. The van der Waals surface area contributed by atoms with Crippen molar-refractivity contribution >= 4 is 18.1 Å². The number of hydrogen-bond donors (Lipinski definition) is 2. The number of carbonyl (C=O) groups is 2. The molecule has 41 heavy (non-hydrogen) atoms. The molecule has 2 unspecified atom stereocenters. The van der Waals surface area contributed by atoms with Gasteiger partial charge in [0.2, 0.25) is 6.08 Å². The van der Waals surface area contributed by atoms with Gasteiger partial charge in [0.1, 0.15) is 0 Å². The Morgan fingerprint density at radius 1 is 1.05 bits per heavy atom. The summed E-state index contributed by atoms with van der Waals surface area (Å²) in [5, 5.41) is 12.6. The van der Waals surface area contributed by atoms with Gasteiger partial charge in [-0.05, 0) is 69.4 Å². The molecule has 0 spiro atoms. The fourth-order valence-corrected chi connectivity index (χ4v) is 5.51. The molecule has 0 aromatic heterocycles. The van der Waals surface area contributed by atoms with E-state index in [1.165, 1.54) is 18.9 Å². The van der Waals surface area contributed by atoms with Crippen molar-refractivity contribution in [3.05, 3.63) is 34.9 Å². The average Bonchev–Trinajstić information content (AvgIpc) is 3.50. The highest BCUT2D eigenvalue weighted by Gasteiger charge is 2.28. The molecule has 2 aliphatic rings. The topological polar surface area (TPSA) is 118 Å². The van der Waals surface area contributed by atoms with Crippen molar-refractivity contribution in [2.45, 2.75) is 123 Å². The van der Waals surface area contributed by atoms with Gasteiger partial charge in [0.05, 0.1) is 37.5 Å². The molecule has 0 radical (unpaired) electrons. The van der Waals surface area contributed by atoms with E-state index in [-0.39, 0.29) is 18.2 Å². The Balaban J connectivity index is 0.000000745. The molecule has 2 aliphatic carbocycles. The lowest BCUT2D eigenvalue weighted by Gasteiger charge is -2.32. The molecular weight excluding hydrogens is 522 g/mol. The summed E-state index contributed by atoms with van der Waals surface area (Å²) < 4.78 is 12.3. The minimum Gasteiger partial charge on any atom is -0.478 e. The third kappa shape index (κ3) is 12.8. The van der Waals surface area contributed by atoms with Crippen molar-refractivity contribution in [2.24, 2.45) is 4.99 Å². The van der Waals surface area contributed by atoms with E-state index in [9.17, 15) is 19.5 Å². The smallest absolute Gasteiger partial charge is 0.336 e. The summed E-state index contributed by atoms with van der Waals surface area (Å²) in [6, 6.07) is 5.89. The number of carboxylic acids is 1. The van der Waals surface area contributed by atoms with Crippen LogP contribution >= 0.6 is 0 Å². The summed E-state index contributed by atoms with van der Waals surface area (Å²) in [6.45, 7) is 8.82. The molecule has 3 rings (SSSR count). The molecular formula is C32H51N3O6. The van der Waals surface area contributed by atoms with Gasteiger partial charge in [-0.2, -0.15) is 0 Å². The van der Waals surface area contributed by atoms with Crippen LogP contribution in [0.25, 0.3) is 0 Å². The minimum atomic E-state index is -0.910. The van der Waals surface area contributed by atoms with Gasteiger partial charge in [0.15, 0.2) is 0 Å². The van der Waals surface area contributed by atoms with Gasteiger partial charge in [-0.15, -0.1) is 0 Å². The third-order valence-electron chi connectivity index (χ3n) is 7.83. The Morgan fingerprint density at radius 2 is 1.76 bits per heavy atom. The summed E-state index contributed by atoms with van der Waals surface area (Å²) in [6.07, 6.45) is 14.1. The number of urea groups is 1. The third-order valence-corrected chi connectivity index (χ3v) is 7.83. The van der Waals surface area contributed by atoms with E-state index in [0.29, 0.717) is 37.9 Å². The van der Waals surface area contributed by atoms with E-state index < -0.39 is 5.97 Å². The molecule has 1 aromatic carbocycles. The molecule has 2 saturated carbocycles. The predicted octanol–water partition coefficient (Wildman–Crippen LogP) is 6.41. The van der Waals surface area contributed by atoms with Crippen LogP contribution in [0, 0.1) is 6.92 Å². The van der Waals surface area contributed by atoms with Crippen molar-refractivity contribution in [2.75, 3.05) is 26.2 Å². The minimum absolute atomic E-state index is 0.0428. The van der Waals surface area contributed by atoms with Crippen molar-refractivity contribution < 1.29 is 29.0 Å². The van der Waals surface area contributed by atoms with Crippen LogP contribution in [-0.4, -0.2) is 72.6 Å². The molecule has 0 aliphatic heterocycles. The normalized spacial score (nSPS) is 18.6. The van der Waals surface area contributed by atoms with E-state index in [4.69, 9.17) is 9.47 Å². The monoisotopic (exact) mass is 573 g/mol. The maximum atomic E-state index is 12.8. The number of nitrogens with zero attached hydrogens (tertiary/aromatic N) is 2. The van der Waals surface area contributed by atoms with E-state index >= 15 is 0 Å². The Morgan fingerprint density at radius 3 is 2.41 bits per heavy atom. The Hall–Kier alpha value is -2.74. The Kier molecular flexibility index (Phi) is 17.0. The average molecular weight is 574 g/mol. The van der Waals surface area contributed by atoms with Crippen LogP contribution in [0.3, 0.4) is 0 Å². The zero-order chi connectivity index (χ0) is 29.9. The van der Waals surface area contributed by atoms with E-state index in [0.717, 1.165) is 81.9 Å². The molecule has 2 atom stereocenters. The Labute approximate surface area is 246 Å². The van der Waals surface area contributed by atoms with Gasteiger partial charge < -0.3 is 24.8 Å². The number of aryl methyl sites for hydroxylation is 1. The van der Waals surface area contributed by atoms with Crippen LogP contribution in [0.4, 0.5) is 4.79 Å². The lowest BCUT2D eigenvalue weighted by molar-refractivity contribution is -0.0533. The number of hydrogen-bond acceptors (Lipinski definition) is 6. The molecule has 2 N–H and O–H groups in total. The van der Waals surface area contributed by atoms with Crippen LogP contribution < -0.4 is 5.32 Å². The lowest BCUT2D eigenvalue weighted by Crippen LogP contribution is -2.47. The summed E-state index contributed by atoms with van der Waals surface area (Å²) in [5.41, 5.74) is 1.82. The standard InChI is InChI=1S/C27H42N2O5.C5H9NO/c1-3-4-15-28-27(32)29(22-11-5-6-12-22)16-17-33-23-13-8-14-24(18-23)34-19-21-10-7-9-20(2)25(21)26(30)31;1-2-3-4-6-5-7/h7,9-10,22-24H,3-6,8,11-19H2,1-2H3,(H,28,32)(H,30,31);2-4H2,1H3. The maximum absolute atomic E-state index is 12.8. The number of isocyanates is 1. The van der Waals surface area contributed by atoms with Gasteiger partial charge in [0, 0.05) is 19.1 Å². The largest absolute Gasteiger partial charge is 0.478 e. The molecule has 2 fully saturated rings. The first kappa shape index (κ1) is 34.5. The van der Waals surface area contributed by atoms with Crippen molar-refractivity contribution in [3.8, 4) is 0 Å².